The van der Waals surface area contributed by atoms with E-state index in [9.17, 15) is 4.79 Å². The summed E-state index contributed by atoms with van der Waals surface area (Å²) in [6.45, 7) is 3.87. The van der Waals surface area contributed by atoms with E-state index in [-0.39, 0.29) is 11.9 Å². The van der Waals surface area contributed by atoms with Crippen molar-refractivity contribution in [3.05, 3.63) is 53.5 Å². The van der Waals surface area contributed by atoms with Gasteiger partial charge in [0.1, 0.15) is 5.75 Å². The first kappa shape index (κ1) is 16.8. The minimum absolute atomic E-state index is 0.153. The van der Waals surface area contributed by atoms with Crippen molar-refractivity contribution in [2.45, 2.75) is 19.9 Å². The number of benzene rings is 1. The molecule has 0 saturated carbocycles. The SMILES string of the molecule is COc1ccc(-c2[nH]ncc2C(=O)N[C@H](C)c2cn(C)nc2C)cc1. The Kier molecular flexibility index (Phi) is 4.56. The Bertz CT molecular complexity index is 879. The molecule has 0 saturated heterocycles. The van der Waals surface area contributed by atoms with Gasteiger partial charge in [0.15, 0.2) is 0 Å². The highest BCUT2D eigenvalue weighted by Crippen LogP contribution is 2.24. The van der Waals surface area contributed by atoms with Gasteiger partial charge >= 0.3 is 0 Å². The summed E-state index contributed by atoms with van der Waals surface area (Å²) in [4.78, 5) is 12.7. The summed E-state index contributed by atoms with van der Waals surface area (Å²) in [5.41, 5.74) is 3.94. The lowest BCUT2D eigenvalue weighted by Gasteiger charge is -2.13. The lowest BCUT2D eigenvalue weighted by molar-refractivity contribution is 0.0940. The number of rotatable bonds is 5. The number of aromatic amines is 1. The summed E-state index contributed by atoms with van der Waals surface area (Å²) in [5, 5.41) is 14.3. The molecule has 0 fully saturated rings. The van der Waals surface area contributed by atoms with Crippen molar-refractivity contribution in [1.29, 1.82) is 0 Å². The molecular formula is C18H21N5O2. The van der Waals surface area contributed by atoms with Crippen LogP contribution in [0, 0.1) is 6.92 Å². The zero-order valence-electron chi connectivity index (χ0n) is 14.7. The van der Waals surface area contributed by atoms with E-state index in [1.807, 2.05) is 51.4 Å². The maximum absolute atomic E-state index is 12.7. The number of H-pyrrole nitrogens is 1. The monoisotopic (exact) mass is 339 g/mol. The number of aryl methyl sites for hydroxylation is 2. The van der Waals surface area contributed by atoms with Crippen LogP contribution in [-0.4, -0.2) is 33.0 Å². The van der Waals surface area contributed by atoms with Crippen molar-refractivity contribution >= 4 is 5.91 Å². The molecule has 1 amide bonds. The van der Waals surface area contributed by atoms with E-state index in [1.165, 1.54) is 6.20 Å². The molecule has 7 heteroatoms. The number of ether oxygens (including phenoxy) is 1. The van der Waals surface area contributed by atoms with Crippen LogP contribution in [0.2, 0.25) is 0 Å². The van der Waals surface area contributed by atoms with Crippen molar-refractivity contribution in [1.82, 2.24) is 25.3 Å². The zero-order valence-corrected chi connectivity index (χ0v) is 14.7. The quantitative estimate of drug-likeness (QED) is 0.748. The molecule has 0 aliphatic heterocycles. The lowest BCUT2D eigenvalue weighted by atomic mass is 10.1. The van der Waals surface area contributed by atoms with Gasteiger partial charge in [-0.15, -0.1) is 0 Å². The van der Waals surface area contributed by atoms with Crippen molar-refractivity contribution in [2.75, 3.05) is 7.11 Å². The summed E-state index contributed by atoms with van der Waals surface area (Å²) in [5.74, 6) is 0.574. The molecule has 0 radical (unpaired) electrons. The molecule has 2 heterocycles. The Hall–Kier alpha value is -3.09. The third-order valence-corrected chi connectivity index (χ3v) is 4.13. The number of amides is 1. The minimum atomic E-state index is -0.185. The van der Waals surface area contributed by atoms with Gasteiger partial charge in [-0.3, -0.25) is 14.6 Å². The van der Waals surface area contributed by atoms with E-state index >= 15 is 0 Å². The van der Waals surface area contributed by atoms with Crippen LogP contribution in [0.15, 0.2) is 36.7 Å². The van der Waals surface area contributed by atoms with E-state index in [0.29, 0.717) is 11.3 Å². The molecule has 2 N–H and O–H groups in total. The van der Waals surface area contributed by atoms with Crippen LogP contribution in [0.4, 0.5) is 0 Å². The number of carbonyl (C=O) groups is 1. The Morgan fingerprint density at radius 3 is 2.64 bits per heavy atom. The van der Waals surface area contributed by atoms with Gasteiger partial charge in [0.05, 0.1) is 36.3 Å². The van der Waals surface area contributed by atoms with Crippen molar-refractivity contribution in [3.63, 3.8) is 0 Å². The van der Waals surface area contributed by atoms with E-state index in [1.54, 1.807) is 11.8 Å². The summed E-state index contributed by atoms with van der Waals surface area (Å²) >= 11 is 0. The maximum atomic E-state index is 12.7. The third kappa shape index (κ3) is 3.40. The number of nitrogens with one attached hydrogen (secondary N) is 2. The second-order valence-corrected chi connectivity index (χ2v) is 5.93. The Balaban J connectivity index is 1.81. The standard InChI is InChI=1S/C18H21N5O2/c1-11(16-10-23(3)22-12(16)2)20-18(24)15-9-19-21-17(15)13-5-7-14(25-4)8-6-13/h5-11H,1-4H3,(H,19,21)(H,20,24)/t11-/m1/s1. The number of nitrogens with zero attached hydrogens (tertiary/aromatic N) is 3. The zero-order chi connectivity index (χ0) is 18.0. The Morgan fingerprint density at radius 2 is 2.04 bits per heavy atom. The Labute approximate surface area is 146 Å². The molecule has 130 valence electrons. The molecule has 25 heavy (non-hydrogen) atoms. The number of hydrogen-bond donors (Lipinski definition) is 2. The van der Waals surface area contributed by atoms with Gasteiger partial charge in [0, 0.05) is 24.4 Å². The van der Waals surface area contributed by atoms with Gasteiger partial charge in [-0.05, 0) is 38.1 Å². The average Bonchev–Trinajstić information content (AvgIpc) is 3.21. The van der Waals surface area contributed by atoms with Crippen LogP contribution in [0.5, 0.6) is 5.75 Å². The number of hydrogen-bond acceptors (Lipinski definition) is 4. The summed E-state index contributed by atoms with van der Waals surface area (Å²) in [6, 6.07) is 7.31. The molecule has 1 aromatic carbocycles. The van der Waals surface area contributed by atoms with Crippen molar-refractivity contribution < 1.29 is 9.53 Å². The average molecular weight is 339 g/mol. The van der Waals surface area contributed by atoms with E-state index in [0.717, 1.165) is 22.6 Å². The molecule has 7 nitrogen and oxygen atoms in total. The fourth-order valence-electron chi connectivity index (χ4n) is 2.83. The molecule has 0 unspecified atom stereocenters. The van der Waals surface area contributed by atoms with E-state index < -0.39 is 0 Å². The van der Waals surface area contributed by atoms with Crippen molar-refractivity contribution in [3.8, 4) is 17.0 Å². The summed E-state index contributed by atoms with van der Waals surface area (Å²) in [7, 11) is 3.48. The van der Waals surface area contributed by atoms with Crippen LogP contribution in [-0.2, 0) is 7.05 Å². The van der Waals surface area contributed by atoms with Crippen LogP contribution in [0.25, 0.3) is 11.3 Å². The highest BCUT2D eigenvalue weighted by molar-refractivity contribution is 5.99. The summed E-state index contributed by atoms with van der Waals surface area (Å²) < 4.78 is 6.91. The largest absolute Gasteiger partial charge is 0.497 e. The molecule has 2 aromatic heterocycles. The lowest BCUT2D eigenvalue weighted by Crippen LogP contribution is -2.27. The molecule has 0 bridgehead atoms. The highest BCUT2D eigenvalue weighted by Gasteiger charge is 2.19. The molecule has 3 rings (SSSR count). The van der Waals surface area contributed by atoms with Gasteiger partial charge < -0.3 is 10.1 Å². The van der Waals surface area contributed by atoms with E-state index in [4.69, 9.17) is 4.74 Å². The predicted octanol–water partition coefficient (Wildman–Crippen LogP) is 2.62. The van der Waals surface area contributed by atoms with Gasteiger partial charge in [-0.1, -0.05) is 0 Å². The third-order valence-electron chi connectivity index (χ3n) is 4.13. The number of carbonyl (C=O) groups excluding carboxylic acids is 1. The molecule has 3 aromatic rings. The van der Waals surface area contributed by atoms with Gasteiger partial charge in [-0.2, -0.15) is 10.2 Å². The first-order chi connectivity index (χ1) is 12.0. The van der Waals surface area contributed by atoms with Crippen LogP contribution < -0.4 is 10.1 Å². The molecule has 1 atom stereocenters. The first-order valence-electron chi connectivity index (χ1n) is 7.98. The predicted molar refractivity (Wildman–Crippen MR) is 94.4 cm³/mol. The smallest absolute Gasteiger partial charge is 0.255 e. The molecule has 0 aliphatic rings. The Morgan fingerprint density at radius 1 is 1.32 bits per heavy atom. The minimum Gasteiger partial charge on any atom is -0.497 e. The second-order valence-electron chi connectivity index (χ2n) is 5.93. The van der Waals surface area contributed by atoms with Crippen LogP contribution in [0.3, 0.4) is 0 Å². The second kappa shape index (κ2) is 6.80. The number of methoxy groups -OCH3 is 1. The molecule has 0 spiro atoms. The van der Waals surface area contributed by atoms with Gasteiger partial charge in [0.25, 0.3) is 5.91 Å². The summed E-state index contributed by atoms with van der Waals surface area (Å²) in [6.07, 6.45) is 3.46. The maximum Gasteiger partial charge on any atom is 0.255 e. The van der Waals surface area contributed by atoms with E-state index in [2.05, 4.69) is 20.6 Å². The highest BCUT2D eigenvalue weighted by atomic mass is 16.5. The topological polar surface area (TPSA) is 84.8 Å². The fraction of sp³-hybridized carbons (Fsp3) is 0.278. The van der Waals surface area contributed by atoms with Crippen molar-refractivity contribution in [2.24, 2.45) is 7.05 Å². The first-order valence-corrected chi connectivity index (χ1v) is 7.98. The van der Waals surface area contributed by atoms with Crippen LogP contribution >= 0.6 is 0 Å². The fourth-order valence-corrected chi connectivity index (χ4v) is 2.83. The molecular weight excluding hydrogens is 318 g/mol. The normalized spacial score (nSPS) is 12.0. The van der Waals surface area contributed by atoms with Gasteiger partial charge in [0.2, 0.25) is 0 Å². The van der Waals surface area contributed by atoms with Crippen LogP contribution in [0.1, 0.15) is 34.6 Å². The molecule has 0 aliphatic carbocycles. The number of aromatic nitrogens is 4. The van der Waals surface area contributed by atoms with Gasteiger partial charge in [-0.25, -0.2) is 0 Å².